The topological polar surface area (TPSA) is 75.7 Å². The lowest BCUT2D eigenvalue weighted by atomic mass is 10.0. The van der Waals surface area contributed by atoms with Gasteiger partial charge in [-0.25, -0.2) is 8.42 Å². The summed E-state index contributed by atoms with van der Waals surface area (Å²) in [5.74, 6) is -0.0649. The van der Waals surface area contributed by atoms with E-state index in [0.717, 1.165) is 13.0 Å². The minimum Gasteiger partial charge on any atom is -0.371 e. The molecule has 6 nitrogen and oxygen atoms in total. The zero-order valence-electron chi connectivity index (χ0n) is 12.3. The van der Waals surface area contributed by atoms with Crippen LogP contribution in [0.3, 0.4) is 0 Å². The van der Waals surface area contributed by atoms with Gasteiger partial charge in [-0.3, -0.25) is 4.79 Å². The van der Waals surface area contributed by atoms with E-state index in [0.29, 0.717) is 44.7 Å². The molecule has 0 aromatic rings. The zero-order chi connectivity index (χ0) is 15.1. The standard InChI is InChI=1S/C14H22N2O4S/c1-21(18,19)14(4-5-14)10-16-7-2-3-11(13(16)17)12-9-15-6-8-20-12/h3,12,15H,2,4-10H2,1H3. The van der Waals surface area contributed by atoms with Crippen LogP contribution in [0.25, 0.3) is 0 Å². The Morgan fingerprint density at radius 2 is 2.24 bits per heavy atom. The Morgan fingerprint density at radius 3 is 2.81 bits per heavy atom. The minimum absolute atomic E-state index is 0.0649. The van der Waals surface area contributed by atoms with Crippen LogP contribution in [0.4, 0.5) is 0 Å². The van der Waals surface area contributed by atoms with Gasteiger partial charge in [0.2, 0.25) is 0 Å². The van der Waals surface area contributed by atoms with Gasteiger partial charge in [0.15, 0.2) is 9.84 Å². The number of carbonyl (C=O) groups excluding carboxylic acids is 1. The molecule has 0 spiro atoms. The summed E-state index contributed by atoms with van der Waals surface area (Å²) < 4.78 is 28.7. The van der Waals surface area contributed by atoms with Crippen molar-refractivity contribution in [1.82, 2.24) is 10.2 Å². The molecule has 118 valence electrons. The Morgan fingerprint density at radius 1 is 1.48 bits per heavy atom. The Kier molecular flexibility index (Phi) is 3.83. The van der Waals surface area contributed by atoms with Crippen molar-refractivity contribution in [2.75, 3.05) is 39.0 Å². The van der Waals surface area contributed by atoms with Crippen LogP contribution >= 0.6 is 0 Å². The summed E-state index contributed by atoms with van der Waals surface area (Å²) in [7, 11) is -3.11. The number of rotatable bonds is 4. The van der Waals surface area contributed by atoms with Crippen LogP contribution in [0.15, 0.2) is 11.6 Å². The van der Waals surface area contributed by atoms with Crippen molar-refractivity contribution in [2.24, 2.45) is 0 Å². The fourth-order valence-electron chi connectivity index (χ4n) is 3.07. The molecule has 0 radical (unpaired) electrons. The first-order valence-electron chi connectivity index (χ1n) is 7.44. The average molecular weight is 314 g/mol. The quantitative estimate of drug-likeness (QED) is 0.772. The second kappa shape index (κ2) is 5.37. The summed E-state index contributed by atoms with van der Waals surface area (Å²) in [5.41, 5.74) is 0.678. The van der Waals surface area contributed by atoms with E-state index in [2.05, 4.69) is 5.32 Å². The van der Waals surface area contributed by atoms with Crippen molar-refractivity contribution in [3.63, 3.8) is 0 Å². The predicted octanol–water partition coefficient (Wildman–Crippen LogP) is -0.289. The normalized spacial score (nSPS) is 29.2. The second-order valence-electron chi connectivity index (χ2n) is 6.19. The van der Waals surface area contributed by atoms with Crippen LogP contribution in [0.1, 0.15) is 19.3 Å². The van der Waals surface area contributed by atoms with Crippen LogP contribution in [0.2, 0.25) is 0 Å². The van der Waals surface area contributed by atoms with Gasteiger partial charge in [0.05, 0.1) is 17.5 Å². The molecule has 3 aliphatic rings. The van der Waals surface area contributed by atoms with Crippen LogP contribution in [0.5, 0.6) is 0 Å². The number of nitrogens with one attached hydrogen (secondary N) is 1. The number of sulfone groups is 1. The SMILES string of the molecule is CS(=O)(=O)C1(CN2CCC=C(C3CNCCO3)C2=O)CC1. The molecular weight excluding hydrogens is 292 g/mol. The third-order valence-corrected chi connectivity index (χ3v) is 6.76. The molecule has 1 aliphatic carbocycles. The van der Waals surface area contributed by atoms with Gasteiger partial charge in [0.25, 0.3) is 5.91 Å². The van der Waals surface area contributed by atoms with Crippen molar-refractivity contribution >= 4 is 15.7 Å². The lowest BCUT2D eigenvalue weighted by Gasteiger charge is -2.34. The summed E-state index contributed by atoms with van der Waals surface area (Å²) in [6.45, 7) is 2.96. The van der Waals surface area contributed by atoms with Gasteiger partial charge in [-0.1, -0.05) is 6.08 Å². The highest BCUT2D eigenvalue weighted by Crippen LogP contribution is 2.44. The molecule has 1 amide bonds. The van der Waals surface area contributed by atoms with Crippen LogP contribution in [-0.4, -0.2) is 69.1 Å². The molecule has 2 fully saturated rings. The maximum atomic E-state index is 12.6. The monoisotopic (exact) mass is 314 g/mol. The third kappa shape index (κ3) is 2.86. The average Bonchev–Trinajstić information content (AvgIpc) is 3.23. The molecule has 3 rings (SSSR count). The first-order chi connectivity index (χ1) is 9.93. The van der Waals surface area contributed by atoms with Gasteiger partial charge in [-0.15, -0.1) is 0 Å². The first kappa shape index (κ1) is 15.0. The van der Waals surface area contributed by atoms with Gasteiger partial charge < -0.3 is 15.0 Å². The molecule has 1 atom stereocenters. The molecular formula is C14H22N2O4S. The Labute approximate surface area is 125 Å². The molecule has 1 saturated carbocycles. The van der Waals surface area contributed by atoms with E-state index in [1.165, 1.54) is 6.26 Å². The fraction of sp³-hybridized carbons (Fsp3) is 0.786. The van der Waals surface area contributed by atoms with E-state index in [-0.39, 0.29) is 12.0 Å². The van der Waals surface area contributed by atoms with Crippen LogP contribution in [-0.2, 0) is 19.4 Å². The summed E-state index contributed by atoms with van der Waals surface area (Å²) >= 11 is 0. The van der Waals surface area contributed by atoms with Gasteiger partial charge in [-0.05, 0) is 19.3 Å². The highest BCUT2D eigenvalue weighted by molar-refractivity contribution is 7.92. The molecule has 21 heavy (non-hydrogen) atoms. The van der Waals surface area contributed by atoms with Crippen LogP contribution in [0, 0.1) is 0 Å². The molecule has 0 bridgehead atoms. The number of carbonyl (C=O) groups is 1. The molecule has 2 heterocycles. The maximum absolute atomic E-state index is 12.6. The van der Waals surface area contributed by atoms with E-state index in [9.17, 15) is 13.2 Å². The summed E-state index contributed by atoms with van der Waals surface area (Å²) in [6.07, 6.45) is 5.10. The zero-order valence-corrected chi connectivity index (χ0v) is 13.1. The molecule has 1 N–H and O–H groups in total. The summed E-state index contributed by atoms with van der Waals surface area (Å²) in [5, 5.41) is 3.22. The third-order valence-electron chi connectivity index (χ3n) is 4.65. The molecule has 0 aromatic carbocycles. The molecule has 7 heteroatoms. The molecule has 1 unspecified atom stereocenters. The molecule has 1 saturated heterocycles. The number of hydrogen-bond donors (Lipinski definition) is 1. The van der Waals surface area contributed by atoms with Crippen LogP contribution < -0.4 is 5.32 Å². The summed E-state index contributed by atoms with van der Waals surface area (Å²) in [4.78, 5) is 14.3. The summed E-state index contributed by atoms with van der Waals surface area (Å²) in [6, 6.07) is 0. The smallest absolute Gasteiger partial charge is 0.252 e. The predicted molar refractivity (Wildman–Crippen MR) is 78.7 cm³/mol. The minimum atomic E-state index is -3.11. The maximum Gasteiger partial charge on any atom is 0.252 e. The number of ether oxygens (including phenoxy) is 1. The van der Waals surface area contributed by atoms with E-state index >= 15 is 0 Å². The second-order valence-corrected chi connectivity index (χ2v) is 8.60. The van der Waals surface area contributed by atoms with Crippen molar-refractivity contribution < 1.29 is 17.9 Å². The van der Waals surface area contributed by atoms with E-state index in [4.69, 9.17) is 4.74 Å². The van der Waals surface area contributed by atoms with Crippen molar-refractivity contribution in [2.45, 2.75) is 30.1 Å². The lowest BCUT2D eigenvalue weighted by molar-refractivity contribution is -0.129. The Balaban J connectivity index is 1.71. The molecule has 0 aromatic heterocycles. The largest absolute Gasteiger partial charge is 0.371 e. The highest BCUT2D eigenvalue weighted by Gasteiger charge is 2.53. The van der Waals surface area contributed by atoms with Gasteiger partial charge in [-0.2, -0.15) is 0 Å². The van der Waals surface area contributed by atoms with Gasteiger partial charge >= 0.3 is 0 Å². The van der Waals surface area contributed by atoms with E-state index in [1.54, 1.807) is 4.90 Å². The fourth-order valence-corrected chi connectivity index (χ4v) is 4.30. The van der Waals surface area contributed by atoms with Crippen molar-refractivity contribution in [1.29, 1.82) is 0 Å². The van der Waals surface area contributed by atoms with E-state index < -0.39 is 14.6 Å². The lowest BCUT2D eigenvalue weighted by Crippen LogP contribution is -2.49. The van der Waals surface area contributed by atoms with E-state index in [1.807, 2.05) is 6.08 Å². The van der Waals surface area contributed by atoms with Gasteiger partial charge in [0, 0.05) is 38.0 Å². The Hall–Kier alpha value is -0.920. The van der Waals surface area contributed by atoms with Crippen molar-refractivity contribution in [3.8, 4) is 0 Å². The number of hydrogen-bond acceptors (Lipinski definition) is 5. The van der Waals surface area contributed by atoms with Crippen molar-refractivity contribution in [3.05, 3.63) is 11.6 Å². The molecule has 2 aliphatic heterocycles. The Bertz CT molecular complexity index is 560. The highest BCUT2D eigenvalue weighted by atomic mass is 32.2. The number of amides is 1. The number of nitrogens with zero attached hydrogens (tertiary/aromatic N) is 1. The van der Waals surface area contributed by atoms with Gasteiger partial charge in [0.1, 0.15) is 0 Å². The number of morpholine rings is 1. The first-order valence-corrected chi connectivity index (χ1v) is 9.33.